The zero-order valence-corrected chi connectivity index (χ0v) is 18.3. The van der Waals surface area contributed by atoms with Gasteiger partial charge >= 0.3 is 0 Å². The van der Waals surface area contributed by atoms with Crippen LogP contribution in [0.15, 0.2) is 67.0 Å². The largest absolute Gasteiger partial charge is 0.470 e. The number of amides is 1. The van der Waals surface area contributed by atoms with Crippen molar-refractivity contribution in [2.45, 2.75) is 13.3 Å². The van der Waals surface area contributed by atoms with Crippen molar-refractivity contribution in [2.75, 3.05) is 5.32 Å². The third kappa shape index (κ3) is 5.58. The molecule has 4 aromatic rings. The number of nitrogens with one attached hydrogen (secondary N) is 1. The summed E-state index contributed by atoms with van der Waals surface area (Å²) in [5.74, 6) is 0.514. The maximum Gasteiger partial charge on any atom is 0.277 e. The van der Waals surface area contributed by atoms with Crippen molar-refractivity contribution in [3.05, 3.63) is 93.3 Å². The molecule has 1 amide bonds. The number of hydrogen-bond acceptors (Lipinski definition) is 4. The van der Waals surface area contributed by atoms with Crippen molar-refractivity contribution in [2.24, 2.45) is 0 Å². The molecule has 0 unspecified atom stereocenters. The lowest BCUT2D eigenvalue weighted by atomic mass is 10.2. The highest BCUT2D eigenvalue weighted by Gasteiger charge is 2.12. The zero-order valence-electron chi connectivity index (χ0n) is 16.0. The Balaban J connectivity index is 1.34. The molecule has 2 aromatic carbocycles. The summed E-state index contributed by atoms with van der Waals surface area (Å²) in [4.78, 5) is 12.5. The molecule has 2 heterocycles. The fourth-order valence-electron chi connectivity index (χ4n) is 2.80. The van der Waals surface area contributed by atoms with Gasteiger partial charge in [-0.15, -0.1) is 0 Å². The van der Waals surface area contributed by atoms with E-state index in [0.717, 1.165) is 5.56 Å². The molecule has 0 aliphatic carbocycles. The van der Waals surface area contributed by atoms with Crippen molar-refractivity contribution in [3.63, 3.8) is 0 Å². The summed E-state index contributed by atoms with van der Waals surface area (Å²) in [5.41, 5.74) is 1.24. The van der Waals surface area contributed by atoms with E-state index in [4.69, 9.17) is 39.5 Å². The van der Waals surface area contributed by atoms with Crippen LogP contribution in [0.3, 0.4) is 0 Å². The van der Waals surface area contributed by atoms with Crippen LogP contribution in [0.1, 0.15) is 16.1 Å². The Morgan fingerprint density at radius 3 is 2.55 bits per heavy atom. The smallest absolute Gasteiger partial charge is 0.277 e. The second kappa shape index (κ2) is 9.43. The molecule has 0 bridgehead atoms. The molecular weight excluding hydrogens is 461 g/mol. The summed E-state index contributed by atoms with van der Waals surface area (Å²) in [6.45, 7) is 0.624. The van der Waals surface area contributed by atoms with E-state index in [1.807, 2.05) is 24.3 Å². The summed E-state index contributed by atoms with van der Waals surface area (Å²) in [5, 5.41) is 12.9. The molecule has 0 saturated carbocycles. The molecule has 4 rings (SSSR count). The molecule has 7 nitrogen and oxygen atoms in total. The van der Waals surface area contributed by atoms with Crippen molar-refractivity contribution in [3.8, 4) is 5.75 Å². The van der Waals surface area contributed by atoms with Crippen LogP contribution in [-0.2, 0) is 13.3 Å². The topological polar surface area (TPSA) is 74.0 Å². The van der Waals surface area contributed by atoms with E-state index in [9.17, 15) is 4.79 Å². The van der Waals surface area contributed by atoms with Gasteiger partial charge in [-0.25, -0.2) is 4.68 Å². The van der Waals surface area contributed by atoms with E-state index in [0.29, 0.717) is 33.2 Å². The number of aromatic nitrogens is 4. The van der Waals surface area contributed by atoms with Gasteiger partial charge in [-0.1, -0.05) is 46.9 Å². The standard InChI is InChI=1S/C21H16Cl3N5O2/c22-15-3-1-2-14(10-15)12-28-9-7-20(27-28)25-21(30)18-6-8-29(26-18)13-31-19-5-4-16(23)11-17(19)24/h1-11H,12-13H2,(H,25,27,30). The SMILES string of the molecule is O=C(Nc1ccn(Cc2cccc(Cl)c2)n1)c1ccn(COc2ccc(Cl)cc2Cl)n1. The molecule has 0 radical (unpaired) electrons. The van der Waals surface area contributed by atoms with E-state index in [1.165, 1.54) is 4.68 Å². The molecule has 0 fully saturated rings. The predicted molar refractivity (Wildman–Crippen MR) is 120 cm³/mol. The summed E-state index contributed by atoms with van der Waals surface area (Å²) in [6, 6.07) is 15.8. The zero-order chi connectivity index (χ0) is 21.8. The van der Waals surface area contributed by atoms with Crippen LogP contribution in [-0.4, -0.2) is 25.5 Å². The lowest BCUT2D eigenvalue weighted by Gasteiger charge is -2.08. The average Bonchev–Trinajstić information content (AvgIpc) is 3.37. The number of rotatable bonds is 7. The Bertz CT molecular complexity index is 1220. The van der Waals surface area contributed by atoms with Crippen molar-refractivity contribution in [1.29, 1.82) is 0 Å². The van der Waals surface area contributed by atoms with Gasteiger partial charge in [0.25, 0.3) is 5.91 Å². The van der Waals surface area contributed by atoms with Crippen molar-refractivity contribution < 1.29 is 9.53 Å². The minimum Gasteiger partial charge on any atom is -0.470 e. The normalized spacial score (nSPS) is 10.8. The van der Waals surface area contributed by atoms with Gasteiger partial charge in [0.05, 0.1) is 11.6 Å². The van der Waals surface area contributed by atoms with Gasteiger partial charge in [0, 0.05) is 28.5 Å². The first-order valence-electron chi connectivity index (χ1n) is 9.17. The fourth-order valence-corrected chi connectivity index (χ4v) is 3.48. The molecule has 0 aliphatic heterocycles. The Labute approximate surface area is 193 Å². The van der Waals surface area contributed by atoms with E-state index < -0.39 is 0 Å². The fraction of sp³-hybridized carbons (Fsp3) is 0.0952. The summed E-state index contributed by atoms with van der Waals surface area (Å²) in [7, 11) is 0. The first kappa shape index (κ1) is 21.2. The highest BCUT2D eigenvalue weighted by molar-refractivity contribution is 6.35. The third-order valence-electron chi connectivity index (χ3n) is 4.24. The summed E-state index contributed by atoms with van der Waals surface area (Å²) >= 11 is 18.0. The van der Waals surface area contributed by atoms with E-state index in [1.54, 1.807) is 47.4 Å². The number of carbonyl (C=O) groups is 1. The number of benzene rings is 2. The second-order valence-electron chi connectivity index (χ2n) is 6.57. The number of anilines is 1. The number of hydrogen-bond donors (Lipinski definition) is 1. The van der Waals surface area contributed by atoms with Gasteiger partial charge in [0.15, 0.2) is 18.2 Å². The minimum atomic E-state index is -0.378. The monoisotopic (exact) mass is 475 g/mol. The van der Waals surface area contributed by atoms with Gasteiger partial charge in [-0.05, 0) is 42.0 Å². The molecule has 10 heteroatoms. The van der Waals surface area contributed by atoms with Crippen LogP contribution >= 0.6 is 34.8 Å². The lowest BCUT2D eigenvalue weighted by Crippen LogP contribution is -2.15. The van der Waals surface area contributed by atoms with Crippen LogP contribution in [0.4, 0.5) is 5.82 Å². The van der Waals surface area contributed by atoms with E-state index in [-0.39, 0.29) is 18.3 Å². The Hall–Kier alpha value is -3.00. The highest BCUT2D eigenvalue weighted by Crippen LogP contribution is 2.27. The highest BCUT2D eigenvalue weighted by atomic mass is 35.5. The molecule has 0 atom stereocenters. The summed E-state index contributed by atoms with van der Waals surface area (Å²) < 4.78 is 8.81. The number of ether oxygens (including phenoxy) is 1. The van der Waals surface area contributed by atoms with Gasteiger partial charge in [-0.2, -0.15) is 10.2 Å². The number of halogens is 3. The lowest BCUT2D eigenvalue weighted by molar-refractivity contribution is 0.101. The summed E-state index contributed by atoms with van der Waals surface area (Å²) in [6.07, 6.45) is 3.41. The van der Waals surface area contributed by atoms with Gasteiger partial charge in [-0.3, -0.25) is 9.48 Å². The molecule has 0 spiro atoms. The van der Waals surface area contributed by atoms with Crippen molar-refractivity contribution in [1.82, 2.24) is 19.6 Å². The predicted octanol–water partition coefficient (Wildman–Crippen LogP) is 5.38. The maximum atomic E-state index is 12.5. The van der Waals surface area contributed by atoms with Gasteiger partial charge in [0.1, 0.15) is 5.75 Å². The molecule has 31 heavy (non-hydrogen) atoms. The maximum absolute atomic E-state index is 12.5. The molecule has 0 aliphatic rings. The van der Waals surface area contributed by atoms with E-state index >= 15 is 0 Å². The van der Waals surface area contributed by atoms with Crippen LogP contribution < -0.4 is 10.1 Å². The third-order valence-corrected chi connectivity index (χ3v) is 5.00. The van der Waals surface area contributed by atoms with E-state index in [2.05, 4.69) is 15.5 Å². The Morgan fingerprint density at radius 1 is 0.935 bits per heavy atom. The molecule has 0 saturated heterocycles. The minimum absolute atomic E-state index is 0.0862. The number of nitrogens with zero attached hydrogens (tertiary/aromatic N) is 4. The van der Waals surface area contributed by atoms with Gasteiger partial charge < -0.3 is 10.1 Å². The second-order valence-corrected chi connectivity index (χ2v) is 7.85. The van der Waals surface area contributed by atoms with Crippen LogP contribution in [0.25, 0.3) is 0 Å². The van der Waals surface area contributed by atoms with Crippen LogP contribution in [0.5, 0.6) is 5.75 Å². The molecule has 158 valence electrons. The quantitative estimate of drug-likeness (QED) is 0.389. The van der Waals surface area contributed by atoms with Crippen LogP contribution in [0.2, 0.25) is 15.1 Å². The first-order valence-corrected chi connectivity index (χ1v) is 10.3. The average molecular weight is 477 g/mol. The number of carbonyl (C=O) groups excluding carboxylic acids is 1. The molecular formula is C21H16Cl3N5O2. The van der Waals surface area contributed by atoms with Crippen molar-refractivity contribution >= 4 is 46.5 Å². The molecule has 1 N–H and O–H groups in total. The van der Waals surface area contributed by atoms with Crippen LogP contribution in [0, 0.1) is 0 Å². The Morgan fingerprint density at radius 2 is 1.74 bits per heavy atom. The van der Waals surface area contributed by atoms with Gasteiger partial charge in [0.2, 0.25) is 0 Å². The first-order chi connectivity index (χ1) is 15.0. The molecule has 2 aromatic heterocycles. The Kier molecular flexibility index (Phi) is 6.46.